The summed E-state index contributed by atoms with van der Waals surface area (Å²) >= 11 is 0. The summed E-state index contributed by atoms with van der Waals surface area (Å²) in [5.74, 6) is -0.834. The molecule has 0 amide bonds. The Balaban J connectivity index is 3.93. The van der Waals surface area contributed by atoms with Gasteiger partial charge < -0.3 is 27.9 Å². The van der Waals surface area contributed by atoms with Gasteiger partial charge in [0.2, 0.25) is 0 Å². The van der Waals surface area contributed by atoms with Crippen molar-refractivity contribution in [3.05, 3.63) is 48.6 Å². The molecule has 470 valence electrons. The molecule has 0 spiro atoms. The molecule has 0 aromatic heterocycles. The first-order valence-corrected chi connectivity index (χ1v) is 35.8. The number of unbranched alkanes of at least 4 members (excludes halogenated alkanes) is 42. The van der Waals surface area contributed by atoms with E-state index >= 15 is 0 Å². The van der Waals surface area contributed by atoms with Gasteiger partial charge in [0.1, 0.15) is 19.8 Å². The summed E-state index contributed by atoms with van der Waals surface area (Å²) in [4.78, 5) is 38.0. The number of phosphoric acid groups is 1. The first kappa shape index (κ1) is 78.0. The van der Waals surface area contributed by atoms with Crippen LogP contribution in [-0.4, -0.2) is 70.0 Å². The molecule has 0 N–H and O–H groups in total. The van der Waals surface area contributed by atoms with Crippen LogP contribution < -0.4 is 4.89 Å². The highest BCUT2D eigenvalue weighted by Crippen LogP contribution is 2.38. The molecule has 0 rings (SSSR count). The summed E-state index contributed by atoms with van der Waals surface area (Å²) in [6.07, 6.45) is 79.2. The van der Waals surface area contributed by atoms with E-state index in [9.17, 15) is 19.0 Å². The maximum absolute atomic E-state index is 12.8. The van der Waals surface area contributed by atoms with Crippen molar-refractivity contribution in [3.63, 3.8) is 0 Å². The van der Waals surface area contributed by atoms with Gasteiger partial charge in [0.05, 0.1) is 27.7 Å². The van der Waals surface area contributed by atoms with Gasteiger partial charge in [-0.3, -0.25) is 14.2 Å². The summed E-state index contributed by atoms with van der Waals surface area (Å²) in [6, 6.07) is 0. The molecule has 2 atom stereocenters. The fraction of sp³-hybridized carbons (Fsp3) is 0.857. The number of quaternary nitrogens is 1. The van der Waals surface area contributed by atoms with Crippen LogP contribution in [-0.2, 0) is 32.7 Å². The number of hydrogen-bond donors (Lipinski definition) is 0. The van der Waals surface area contributed by atoms with E-state index in [2.05, 4.69) is 62.5 Å². The summed E-state index contributed by atoms with van der Waals surface area (Å²) in [6.45, 7) is 4.24. The van der Waals surface area contributed by atoms with Crippen LogP contribution in [0.5, 0.6) is 0 Å². The number of carbonyl (C=O) groups is 2. The van der Waals surface area contributed by atoms with E-state index in [4.69, 9.17) is 18.5 Å². The quantitative estimate of drug-likeness (QED) is 0.0195. The Morgan fingerprint density at radius 1 is 0.388 bits per heavy atom. The number of esters is 2. The average Bonchev–Trinajstić information content (AvgIpc) is 3.42. The third-order valence-corrected chi connectivity index (χ3v) is 16.3. The molecule has 0 bridgehead atoms. The first-order valence-electron chi connectivity index (χ1n) is 34.3. The van der Waals surface area contributed by atoms with Gasteiger partial charge in [-0.15, -0.1) is 0 Å². The fourth-order valence-corrected chi connectivity index (χ4v) is 10.7. The lowest BCUT2D eigenvalue weighted by Crippen LogP contribution is -2.37. The number of rotatable bonds is 64. The van der Waals surface area contributed by atoms with Crippen molar-refractivity contribution < 1.29 is 42.1 Å². The van der Waals surface area contributed by atoms with Crippen LogP contribution in [0.3, 0.4) is 0 Å². The fourth-order valence-electron chi connectivity index (χ4n) is 10.0. The molecule has 0 saturated carbocycles. The van der Waals surface area contributed by atoms with Gasteiger partial charge in [0.15, 0.2) is 6.10 Å². The minimum absolute atomic E-state index is 0.0331. The molecule has 0 heterocycles. The van der Waals surface area contributed by atoms with Crippen LogP contribution in [0.25, 0.3) is 0 Å². The first-order chi connectivity index (χ1) is 39.0. The molecule has 0 fully saturated rings. The highest BCUT2D eigenvalue weighted by molar-refractivity contribution is 7.45. The largest absolute Gasteiger partial charge is 0.756 e. The van der Waals surface area contributed by atoms with E-state index < -0.39 is 26.5 Å². The van der Waals surface area contributed by atoms with Crippen molar-refractivity contribution >= 4 is 19.8 Å². The monoisotopic (exact) mass is 1150 g/mol. The van der Waals surface area contributed by atoms with Crippen molar-refractivity contribution in [1.82, 2.24) is 0 Å². The molecule has 9 nitrogen and oxygen atoms in total. The van der Waals surface area contributed by atoms with Gasteiger partial charge in [-0.25, -0.2) is 0 Å². The van der Waals surface area contributed by atoms with E-state index in [0.29, 0.717) is 17.4 Å². The van der Waals surface area contributed by atoms with Crippen LogP contribution >= 0.6 is 7.82 Å². The Kier molecular flexibility index (Phi) is 60.0. The van der Waals surface area contributed by atoms with Gasteiger partial charge in [-0.2, -0.15) is 0 Å². The molecule has 0 aromatic carbocycles. The molecule has 0 aliphatic carbocycles. The number of hydrogen-bond acceptors (Lipinski definition) is 8. The standard InChI is InChI=1S/C70H132NO8P/c1-6-8-10-12-14-16-18-20-22-24-26-27-28-29-30-31-32-33-34-35-36-37-38-39-40-41-42-43-45-46-48-50-52-54-56-58-60-62-69(72)76-66-68(67-78-80(74,75)77-65-64-71(3,4)5)79-70(73)63-61-59-57-55-53-51-49-47-44-25-23-21-19-17-15-13-11-9-7-2/h15,17,21,23-24,26,44,47,68H,6-14,16,18-20,22,25,27-43,45-46,48-67H2,1-5H3/b17-15-,23-21-,26-24-,47-44-. The Morgan fingerprint density at radius 2 is 0.675 bits per heavy atom. The number of allylic oxidation sites excluding steroid dienone is 8. The van der Waals surface area contributed by atoms with Crippen molar-refractivity contribution in [1.29, 1.82) is 0 Å². The maximum Gasteiger partial charge on any atom is 0.306 e. The molecule has 2 unspecified atom stereocenters. The van der Waals surface area contributed by atoms with Crippen molar-refractivity contribution in [3.8, 4) is 0 Å². The van der Waals surface area contributed by atoms with Crippen LogP contribution in [0.2, 0.25) is 0 Å². The second kappa shape index (κ2) is 61.5. The Morgan fingerprint density at radius 3 is 1.04 bits per heavy atom. The molecule has 0 aliphatic heterocycles. The third-order valence-electron chi connectivity index (χ3n) is 15.3. The van der Waals surface area contributed by atoms with Gasteiger partial charge in [-0.05, 0) is 77.0 Å². The smallest absolute Gasteiger partial charge is 0.306 e. The number of phosphoric ester groups is 1. The molecule has 0 saturated heterocycles. The SMILES string of the molecule is CCCCC/C=C\C/C=C\C/C=C\CCCCCCCCC(=O)OC(COC(=O)CCCCCCCCCCCCCCCCCCCCCCCCCCC/C=C\CCCCCCCCCC)COP(=O)([O-])OCC[N+](C)(C)C. The Hall–Kier alpha value is -2.03. The van der Waals surface area contributed by atoms with E-state index in [-0.39, 0.29) is 32.0 Å². The average molecular weight is 1150 g/mol. The third kappa shape index (κ3) is 65.1. The Bertz CT molecular complexity index is 1490. The topological polar surface area (TPSA) is 111 Å². The highest BCUT2D eigenvalue weighted by atomic mass is 31.2. The Labute approximate surface area is 496 Å². The molecule has 10 heteroatoms. The lowest BCUT2D eigenvalue weighted by atomic mass is 10.0. The minimum atomic E-state index is -4.64. The second-order valence-electron chi connectivity index (χ2n) is 24.5. The van der Waals surface area contributed by atoms with E-state index in [0.717, 1.165) is 70.6 Å². The molecule has 0 aromatic rings. The predicted molar refractivity (Wildman–Crippen MR) is 342 cm³/mol. The lowest BCUT2D eigenvalue weighted by Gasteiger charge is -2.28. The predicted octanol–water partition coefficient (Wildman–Crippen LogP) is 21.4. The van der Waals surface area contributed by atoms with Crippen LogP contribution in [0.15, 0.2) is 48.6 Å². The summed E-state index contributed by atoms with van der Waals surface area (Å²) in [5.41, 5.74) is 0. The van der Waals surface area contributed by atoms with Crippen LogP contribution in [0.1, 0.15) is 335 Å². The molecule has 0 aliphatic rings. The van der Waals surface area contributed by atoms with Gasteiger partial charge in [0.25, 0.3) is 7.82 Å². The maximum atomic E-state index is 12.8. The van der Waals surface area contributed by atoms with Crippen LogP contribution in [0, 0.1) is 0 Å². The molecular weight excluding hydrogens is 1010 g/mol. The minimum Gasteiger partial charge on any atom is -0.756 e. The van der Waals surface area contributed by atoms with Crippen molar-refractivity contribution in [2.45, 2.75) is 341 Å². The van der Waals surface area contributed by atoms with Gasteiger partial charge in [0, 0.05) is 12.8 Å². The van der Waals surface area contributed by atoms with Crippen molar-refractivity contribution in [2.75, 3.05) is 47.5 Å². The highest BCUT2D eigenvalue weighted by Gasteiger charge is 2.22. The summed E-state index contributed by atoms with van der Waals surface area (Å²) in [5, 5.41) is 0. The second-order valence-corrected chi connectivity index (χ2v) is 25.9. The summed E-state index contributed by atoms with van der Waals surface area (Å²) < 4.78 is 34.2. The van der Waals surface area contributed by atoms with Crippen LogP contribution in [0.4, 0.5) is 0 Å². The normalized spacial score (nSPS) is 13.4. The zero-order valence-corrected chi connectivity index (χ0v) is 54.4. The molecule has 0 radical (unpaired) electrons. The van der Waals surface area contributed by atoms with Gasteiger partial charge >= 0.3 is 11.9 Å². The molecular formula is C70H132NO8P. The summed E-state index contributed by atoms with van der Waals surface area (Å²) in [7, 11) is 1.17. The zero-order chi connectivity index (χ0) is 58.4. The number of ether oxygens (including phenoxy) is 2. The van der Waals surface area contributed by atoms with E-state index in [1.807, 2.05) is 21.1 Å². The van der Waals surface area contributed by atoms with E-state index in [1.54, 1.807) is 0 Å². The number of likely N-dealkylation sites (N-methyl/N-ethyl adjacent to an activating group) is 1. The number of nitrogens with zero attached hydrogens (tertiary/aromatic N) is 1. The molecule has 80 heavy (non-hydrogen) atoms. The van der Waals surface area contributed by atoms with Crippen molar-refractivity contribution in [2.24, 2.45) is 0 Å². The zero-order valence-electron chi connectivity index (χ0n) is 53.5. The number of carbonyl (C=O) groups excluding carboxylic acids is 2. The lowest BCUT2D eigenvalue weighted by molar-refractivity contribution is -0.870. The van der Waals surface area contributed by atoms with E-state index in [1.165, 1.54) is 231 Å². The van der Waals surface area contributed by atoms with Gasteiger partial charge in [-0.1, -0.05) is 294 Å².